The van der Waals surface area contributed by atoms with Crippen molar-refractivity contribution in [3.05, 3.63) is 27.7 Å². The minimum atomic E-state index is -0.166. The number of nitrogens with one attached hydrogen (secondary N) is 1. The van der Waals surface area contributed by atoms with Gasteiger partial charge in [0.15, 0.2) is 6.61 Å². The summed E-state index contributed by atoms with van der Waals surface area (Å²) in [6.07, 6.45) is 0.706. The van der Waals surface area contributed by atoms with Gasteiger partial charge in [0, 0.05) is 17.6 Å². The van der Waals surface area contributed by atoms with Crippen LogP contribution in [-0.4, -0.2) is 38.8 Å². The van der Waals surface area contributed by atoms with Crippen LogP contribution in [0.3, 0.4) is 0 Å². The number of hydrogen-bond donors (Lipinski definition) is 2. The molecule has 0 radical (unpaired) electrons. The fourth-order valence-electron chi connectivity index (χ4n) is 2.09. The van der Waals surface area contributed by atoms with Crippen molar-refractivity contribution >= 4 is 21.8 Å². The van der Waals surface area contributed by atoms with Gasteiger partial charge in [0.05, 0.1) is 6.61 Å². The Bertz CT molecular complexity index is 480. The Hall–Kier alpha value is -1.11. The van der Waals surface area contributed by atoms with Gasteiger partial charge in [-0.15, -0.1) is 0 Å². The second kappa shape index (κ2) is 9.02. The fourth-order valence-corrected chi connectivity index (χ4v) is 2.71. The van der Waals surface area contributed by atoms with Gasteiger partial charge in [0.25, 0.3) is 5.91 Å². The van der Waals surface area contributed by atoms with Gasteiger partial charge >= 0.3 is 0 Å². The molecule has 1 aromatic rings. The molecule has 0 aliphatic carbocycles. The smallest absolute Gasteiger partial charge is 0.258 e. The van der Waals surface area contributed by atoms with Gasteiger partial charge in [-0.05, 0) is 50.1 Å². The number of aryl methyl sites for hydroxylation is 1. The molecule has 1 rings (SSSR count). The van der Waals surface area contributed by atoms with Crippen LogP contribution in [0.1, 0.15) is 18.1 Å². The Labute approximate surface area is 134 Å². The summed E-state index contributed by atoms with van der Waals surface area (Å²) in [4.78, 5) is 11.8. The number of hydrogen-bond acceptors (Lipinski definition) is 4. The van der Waals surface area contributed by atoms with Gasteiger partial charge in [-0.2, -0.15) is 0 Å². The predicted molar refractivity (Wildman–Crippen MR) is 86.6 cm³/mol. The van der Waals surface area contributed by atoms with Gasteiger partial charge in [-0.3, -0.25) is 4.79 Å². The van der Waals surface area contributed by atoms with Crippen LogP contribution in [0.5, 0.6) is 5.75 Å². The molecule has 0 aliphatic rings. The van der Waals surface area contributed by atoms with Crippen LogP contribution in [0.25, 0.3) is 0 Å². The average molecular weight is 359 g/mol. The molecule has 0 fully saturated rings. The molecule has 0 spiro atoms. The lowest BCUT2D eigenvalue weighted by molar-refractivity contribution is -0.124. The summed E-state index contributed by atoms with van der Waals surface area (Å²) in [5.41, 5.74) is 7.60. The highest BCUT2D eigenvalue weighted by Crippen LogP contribution is 2.28. The number of methoxy groups -OCH3 is 1. The van der Waals surface area contributed by atoms with Crippen molar-refractivity contribution in [2.75, 3.05) is 26.9 Å². The maximum Gasteiger partial charge on any atom is 0.258 e. The minimum Gasteiger partial charge on any atom is -0.483 e. The van der Waals surface area contributed by atoms with Crippen LogP contribution in [0.2, 0.25) is 0 Å². The molecule has 5 nitrogen and oxygen atoms in total. The highest BCUT2D eigenvalue weighted by molar-refractivity contribution is 9.10. The molecular weight excluding hydrogens is 336 g/mol. The van der Waals surface area contributed by atoms with Gasteiger partial charge in [-0.25, -0.2) is 0 Å². The van der Waals surface area contributed by atoms with E-state index in [0.717, 1.165) is 21.3 Å². The number of carbonyl (C=O) groups is 1. The Balaban J connectivity index is 2.68. The van der Waals surface area contributed by atoms with E-state index < -0.39 is 0 Å². The molecule has 3 N–H and O–H groups in total. The van der Waals surface area contributed by atoms with Gasteiger partial charge < -0.3 is 20.5 Å². The molecule has 118 valence electrons. The first-order valence-corrected chi connectivity index (χ1v) is 7.67. The maximum atomic E-state index is 11.8. The lowest BCUT2D eigenvalue weighted by Crippen LogP contribution is -2.38. The normalized spacial score (nSPS) is 12.0. The van der Waals surface area contributed by atoms with E-state index in [1.807, 2.05) is 26.0 Å². The quantitative estimate of drug-likeness (QED) is 0.742. The van der Waals surface area contributed by atoms with Gasteiger partial charge in [-0.1, -0.05) is 15.9 Å². The fraction of sp³-hybridized carbons (Fsp3) is 0.533. The van der Waals surface area contributed by atoms with Crippen LogP contribution in [0.15, 0.2) is 16.6 Å². The molecular formula is C15H23BrN2O3. The molecule has 0 saturated heterocycles. The van der Waals surface area contributed by atoms with Crippen molar-refractivity contribution in [2.24, 2.45) is 5.73 Å². The zero-order valence-electron chi connectivity index (χ0n) is 12.7. The van der Waals surface area contributed by atoms with Crippen LogP contribution in [0.4, 0.5) is 0 Å². The molecule has 0 heterocycles. The largest absolute Gasteiger partial charge is 0.483 e. The van der Waals surface area contributed by atoms with Crippen molar-refractivity contribution in [1.29, 1.82) is 0 Å². The predicted octanol–water partition coefficient (Wildman–Crippen LogP) is 1.79. The topological polar surface area (TPSA) is 73.6 Å². The third kappa shape index (κ3) is 6.03. The number of ether oxygens (including phenoxy) is 2. The first-order valence-electron chi connectivity index (χ1n) is 6.88. The summed E-state index contributed by atoms with van der Waals surface area (Å²) < 4.78 is 11.6. The zero-order valence-corrected chi connectivity index (χ0v) is 14.3. The van der Waals surface area contributed by atoms with Crippen molar-refractivity contribution in [1.82, 2.24) is 5.32 Å². The molecule has 1 atom stereocenters. The standard InChI is InChI=1S/C15H23BrN2O3/c1-10-6-13(16)7-12(4-5-17)15(10)21-9-14(19)18-11(2)8-20-3/h6-7,11H,4-5,8-9,17H2,1-3H3,(H,18,19). The molecule has 6 heteroatoms. The number of benzene rings is 1. The lowest BCUT2D eigenvalue weighted by atomic mass is 10.1. The summed E-state index contributed by atoms with van der Waals surface area (Å²) in [5, 5.41) is 2.81. The number of rotatable bonds is 8. The molecule has 0 bridgehead atoms. The molecule has 1 aromatic carbocycles. The van der Waals surface area contributed by atoms with E-state index >= 15 is 0 Å². The lowest BCUT2D eigenvalue weighted by Gasteiger charge is -2.16. The molecule has 21 heavy (non-hydrogen) atoms. The number of halogens is 1. The molecule has 1 unspecified atom stereocenters. The highest BCUT2D eigenvalue weighted by Gasteiger charge is 2.12. The average Bonchev–Trinajstić information content (AvgIpc) is 2.38. The number of carbonyl (C=O) groups excluding carboxylic acids is 1. The summed E-state index contributed by atoms with van der Waals surface area (Å²) >= 11 is 3.46. The molecule has 0 aromatic heterocycles. The third-order valence-corrected chi connectivity index (χ3v) is 3.36. The maximum absolute atomic E-state index is 11.8. The number of amides is 1. The first-order chi connectivity index (χ1) is 9.97. The van der Waals surface area contributed by atoms with Crippen LogP contribution < -0.4 is 15.8 Å². The van der Waals surface area contributed by atoms with Crippen molar-refractivity contribution in [3.63, 3.8) is 0 Å². The van der Waals surface area contributed by atoms with E-state index in [2.05, 4.69) is 21.2 Å². The van der Waals surface area contributed by atoms with E-state index in [0.29, 0.717) is 19.6 Å². The van der Waals surface area contributed by atoms with E-state index in [-0.39, 0.29) is 18.6 Å². The molecule has 1 amide bonds. The summed E-state index contributed by atoms with van der Waals surface area (Å²) in [6, 6.07) is 3.89. The van der Waals surface area contributed by atoms with E-state index in [1.165, 1.54) is 0 Å². The van der Waals surface area contributed by atoms with E-state index in [4.69, 9.17) is 15.2 Å². The molecule has 0 aliphatic heterocycles. The Morgan fingerprint density at radius 2 is 2.19 bits per heavy atom. The van der Waals surface area contributed by atoms with Crippen molar-refractivity contribution in [3.8, 4) is 5.75 Å². The minimum absolute atomic E-state index is 0.0197. The van der Waals surface area contributed by atoms with Gasteiger partial charge in [0.2, 0.25) is 0 Å². The zero-order chi connectivity index (χ0) is 15.8. The summed E-state index contributed by atoms with van der Waals surface area (Å²) in [5.74, 6) is 0.568. The summed E-state index contributed by atoms with van der Waals surface area (Å²) in [7, 11) is 1.60. The Morgan fingerprint density at radius 1 is 1.48 bits per heavy atom. The van der Waals surface area contributed by atoms with E-state index in [9.17, 15) is 4.79 Å². The third-order valence-electron chi connectivity index (χ3n) is 2.90. The highest BCUT2D eigenvalue weighted by atomic mass is 79.9. The Kier molecular flexibility index (Phi) is 7.71. The molecule has 0 saturated carbocycles. The van der Waals surface area contributed by atoms with Crippen LogP contribution >= 0.6 is 15.9 Å². The second-order valence-corrected chi connectivity index (χ2v) is 5.88. The Morgan fingerprint density at radius 3 is 2.81 bits per heavy atom. The van der Waals surface area contributed by atoms with Crippen LogP contribution in [-0.2, 0) is 16.0 Å². The SMILES string of the molecule is COCC(C)NC(=O)COc1c(C)cc(Br)cc1CCN. The van der Waals surface area contributed by atoms with Crippen LogP contribution in [0, 0.1) is 6.92 Å². The summed E-state index contributed by atoms with van der Waals surface area (Å²) in [6.45, 7) is 4.82. The van der Waals surface area contributed by atoms with Crippen molar-refractivity contribution in [2.45, 2.75) is 26.3 Å². The number of nitrogens with two attached hydrogens (primary N) is 1. The first kappa shape index (κ1) is 17.9. The van der Waals surface area contributed by atoms with Gasteiger partial charge in [0.1, 0.15) is 5.75 Å². The van der Waals surface area contributed by atoms with E-state index in [1.54, 1.807) is 7.11 Å². The second-order valence-electron chi connectivity index (χ2n) is 4.96. The van der Waals surface area contributed by atoms with Crippen molar-refractivity contribution < 1.29 is 14.3 Å². The monoisotopic (exact) mass is 358 g/mol.